The SMILES string of the molecule is O=C(N[C@@H](Cc1ccccc1)C(=O)NC1CC1)OCC1c2ccccc2-c2ccccc21. The molecule has 0 radical (unpaired) electrons. The molecule has 0 heterocycles. The summed E-state index contributed by atoms with van der Waals surface area (Å²) in [5.74, 6) is -0.175. The maximum atomic E-state index is 12.7. The van der Waals surface area contributed by atoms with Gasteiger partial charge in [-0.3, -0.25) is 4.79 Å². The number of hydrogen-bond donors (Lipinski definition) is 2. The number of ether oxygens (including phenoxy) is 1. The Hall–Kier alpha value is -3.60. The predicted molar refractivity (Wildman–Crippen MR) is 123 cm³/mol. The van der Waals surface area contributed by atoms with Crippen LogP contribution < -0.4 is 10.6 Å². The fourth-order valence-corrected chi connectivity index (χ4v) is 4.37. The highest BCUT2D eigenvalue weighted by Crippen LogP contribution is 2.44. The molecule has 0 saturated heterocycles. The van der Waals surface area contributed by atoms with Crippen LogP contribution in [-0.2, 0) is 16.0 Å². The molecule has 32 heavy (non-hydrogen) atoms. The molecule has 5 heteroatoms. The van der Waals surface area contributed by atoms with E-state index in [0.717, 1.165) is 29.5 Å². The quantitative estimate of drug-likeness (QED) is 0.588. The van der Waals surface area contributed by atoms with Gasteiger partial charge >= 0.3 is 6.09 Å². The van der Waals surface area contributed by atoms with Gasteiger partial charge in [0.25, 0.3) is 0 Å². The standard InChI is InChI=1S/C27H26N2O3/c30-26(28-19-14-15-19)25(16-18-8-2-1-3-9-18)29-27(31)32-17-24-22-12-6-4-10-20(22)21-11-5-7-13-23(21)24/h1-13,19,24-25H,14-17H2,(H,28,30)(H,29,31)/t25-/m0/s1. The lowest BCUT2D eigenvalue weighted by Gasteiger charge is -2.20. The third-order valence-electron chi connectivity index (χ3n) is 6.16. The van der Waals surface area contributed by atoms with Gasteiger partial charge in [0.05, 0.1) is 0 Å². The van der Waals surface area contributed by atoms with Crippen LogP contribution in [0.1, 0.15) is 35.4 Å². The van der Waals surface area contributed by atoms with Crippen LogP contribution in [0.5, 0.6) is 0 Å². The number of benzene rings is 3. The minimum atomic E-state index is -0.673. The molecule has 0 aromatic heterocycles. The van der Waals surface area contributed by atoms with Crippen molar-refractivity contribution in [3.05, 3.63) is 95.6 Å². The van der Waals surface area contributed by atoms with Gasteiger partial charge < -0.3 is 15.4 Å². The minimum absolute atomic E-state index is 0.0130. The molecule has 1 saturated carbocycles. The first kappa shape index (κ1) is 20.3. The zero-order valence-electron chi connectivity index (χ0n) is 17.8. The highest BCUT2D eigenvalue weighted by atomic mass is 16.5. The smallest absolute Gasteiger partial charge is 0.407 e. The maximum Gasteiger partial charge on any atom is 0.407 e. The summed E-state index contributed by atoms with van der Waals surface area (Å²) in [4.78, 5) is 25.5. The van der Waals surface area contributed by atoms with Gasteiger partial charge in [0.1, 0.15) is 12.6 Å². The van der Waals surface area contributed by atoms with Crippen LogP contribution in [0, 0.1) is 0 Å². The molecule has 0 aliphatic heterocycles. The van der Waals surface area contributed by atoms with Crippen molar-refractivity contribution >= 4 is 12.0 Å². The van der Waals surface area contributed by atoms with E-state index in [0.29, 0.717) is 6.42 Å². The van der Waals surface area contributed by atoms with Crippen molar-refractivity contribution in [2.75, 3.05) is 6.61 Å². The van der Waals surface area contributed by atoms with Crippen molar-refractivity contribution in [3.8, 4) is 11.1 Å². The van der Waals surface area contributed by atoms with Gasteiger partial charge in [0, 0.05) is 18.4 Å². The van der Waals surface area contributed by atoms with Crippen molar-refractivity contribution in [3.63, 3.8) is 0 Å². The molecular formula is C27H26N2O3. The molecular weight excluding hydrogens is 400 g/mol. The number of carbonyl (C=O) groups is 2. The van der Waals surface area contributed by atoms with E-state index in [2.05, 4.69) is 34.9 Å². The van der Waals surface area contributed by atoms with E-state index in [1.165, 1.54) is 11.1 Å². The van der Waals surface area contributed by atoms with E-state index in [4.69, 9.17) is 4.74 Å². The zero-order valence-corrected chi connectivity index (χ0v) is 17.8. The van der Waals surface area contributed by atoms with Crippen molar-refractivity contribution in [1.29, 1.82) is 0 Å². The van der Waals surface area contributed by atoms with Crippen molar-refractivity contribution in [1.82, 2.24) is 10.6 Å². The summed E-state index contributed by atoms with van der Waals surface area (Å²) in [5.41, 5.74) is 5.68. The number of rotatable bonds is 7. The maximum absolute atomic E-state index is 12.7. The average molecular weight is 427 g/mol. The normalized spacial score (nSPS) is 15.4. The Bertz CT molecular complexity index is 1080. The Balaban J connectivity index is 1.27. The van der Waals surface area contributed by atoms with Gasteiger partial charge in [-0.15, -0.1) is 0 Å². The third kappa shape index (κ3) is 4.37. The lowest BCUT2D eigenvalue weighted by molar-refractivity contribution is -0.123. The number of nitrogens with one attached hydrogen (secondary N) is 2. The molecule has 1 fully saturated rings. The number of alkyl carbamates (subject to hydrolysis) is 1. The summed E-state index contributed by atoms with van der Waals surface area (Å²) in [7, 11) is 0. The predicted octanol–water partition coefficient (Wildman–Crippen LogP) is 4.42. The van der Waals surface area contributed by atoms with Crippen LogP contribution in [0.3, 0.4) is 0 Å². The molecule has 2 aliphatic carbocycles. The summed E-state index contributed by atoms with van der Waals surface area (Å²) in [6.45, 7) is 0.224. The van der Waals surface area contributed by atoms with Crippen LogP contribution in [0.25, 0.3) is 11.1 Å². The summed E-state index contributed by atoms with van der Waals surface area (Å²) < 4.78 is 5.65. The summed E-state index contributed by atoms with van der Waals surface area (Å²) in [6, 6.07) is 25.7. The number of hydrogen-bond acceptors (Lipinski definition) is 3. The number of carbonyl (C=O) groups excluding carboxylic acids is 2. The average Bonchev–Trinajstić information content (AvgIpc) is 3.58. The zero-order chi connectivity index (χ0) is 21.9. The fraction of sp³-hybridized carbons (Fsp3) is 0.259. The fourth-order valence-electron chi connectivity index (χ4n) is 4.37. The Labute approximate surface area is 187 Å². The van der Waals surface area contributed by atoms with E-state index in [9.17, 15) is 9.59 Å². The van der Waals surface area contributed by atoms with Gasteiger partial charge in [-0.1, -0.05) is 78.9 Å². The summed E-state index contributed by atoms with van der Waals surface area (Å²) in [5, 5.41) is 5.79. The second kappa shape index (κ2) is 8.87. The van der Waals surface area contributed by atoms with Gasteiger partial charge in [-0.2, -0.15) is 0 Å². The van der Waals surface area contributed by atoms with Crippen LogP contribution >= 0.6 is 0 Å². The first-order valence-corrected chi connectivity index (χ1v) is 11.1. The third-order valence-corrected chi connectivity index (χ3v) is 6.16. The minimum Gasteiger partial charge on any atom is -0.449 e. The van der Waals surface area contributed by atoms with Gasteiger partial charge in [0.15, 0.2) is 0 Å². The van der Waals surface area contributed by atoms with E-state index >= 15 is 0 Å². The molecule has 0 bridgehead atoms. The molecule has 3 aromatic carbocycles. The van der Waals surface area contributed by atoms with Gasteiger partial charge in [-0.05, 0) is 40.7 Å². The Morgan fingerprint density at radius 3 is 2.06 bits per heavy atom. The molecule has 5 rings (SSSR count). The van der Waals surface area contributed by atoms with Crippen molar-refractivity contribution in [2.45, 2.75) is 37.3 Å². The van der Waals surface area contributed by atoms with E-state index < -0.39 is 12.1 Å². The number of fused-ring (bicyclic) bond motifs is 3. The molecule has 162 valence electrons. The lowest BCUT2D eigenvalue weighted by Crippen LogP contribution is -2.48. The Morgan fingerprint density at radius 2 is 1.44 bits per heavy atom. The van der Waals surface area contributed by atoms with Crippen LogP contribution in [-0.4, -0.2) is 30.7 Å². The molecule has 2 aliphatic rings. The molecule has 0 unspecified atom stereocenters. The molecule has 2 amide bonds. The van der Waals surface area contributed by atoms with Gasteiger partial charge in [0.2, 0.25) is 5.91 Å². The van der Waals surface area contributed by atoms with E-state index in [1.54, 1.807) is 0 Å². The largest absolute Gasteiger partial charge is 0.449 e. The molecule has 5 nitrogen and oxygen atoms in total. The topological polar surface area (TPSA) is 67.4 Å². The highest BCUT2D eigenvalue weighted by Gasteiger charge is 2.31. The second-order valence-electron chi connectivity index (χ2n) is 8.50. The number of amides is 2. The van der Waals surface area contributed by atoms with Gasteiger partial charge in [-0.25, -0.2) is 4.79 Å². The van der Waals surface area contributed by atoms with E-state index in [1.807, 2.05) is 54.6 Å². The highest BCUT2D eigenvalue weighted by molar-refractivity contribution is 5.86. The van der Waals surface area contributed by atoms with Crippen molar-refractivity contribution in [2.24, 2.45) is 0 Å². The van der Waals surface area contributed by atoms with Crippen LogP contribution in [0.2, 0.25) is 0 Å². The second-order valence-corrected chi connectivity index (χ2v) is 8.50. The molecule has 1 atom stereocenters. The van der Waals surface area contributed by atoms with Crippen LogP contribution in [0.4, 0.5) is 4.79 Å². The molecule has 2 N–H and O–H groups in total. The lowest BCUT2D eigenvalue weighted by atomic mass is 9.98. The Morgan fingerprint density at radius 1 is 0.844 bits per heavy atom. The van der Waals surface area contributed by atoms with Crippen LogP contribution in [0.15, 0.2) is 78.9 Å². The van der Waals surface area contributed by atoms with Crippen molar-refractivity contribution < 1.29 is 14.3 Å². The first-order valence-electron chi connectivity index (χ1n) is 11.1. The first-order chi connectivity index (χ1) is 15.7. The summed E-state index contributed by atoms with van der Waals surface area (Å²) in [6.07, 6.45) is 1.84. The summed E-state index contributed by atoms with van der Waals surface area (Å²) >= 11 is 0. The Kier molecular flexibility index (Phi) is 5.63. The monoisotopic (exact) mass is 426 g/mol. The molecule has 0 spiro atoms. The molecule has 3 aromatic rings. The van der Waals surface area contributed by atoms with E-state index in [-0.39, 0.29) is 24.5 Å².